The molecule has 0 radical (unpaired) electrons. The first kappa shape index (κ1) is 24.4. The van der Waals surface area contributed by atoms with Gasteiger partial charge in [0, 0.05) is 18.9 Å². The Morgan fingerprint density at radius 2 is 1.83 bits per heavy atom. The SMILES string of the molecule is COc1ccc(C(CC(=O)NCc2ccc(Cl)c(Cl)c2)c2c(O)c3ccccc3oc2=O)cc1O. The molecule has 3 aromatic carbocycles. The molecule has 1 aromatic heterocycles. The zero-order valence-electron chi connectivity index (χ0n) is 18.5. The Morgan fingerprint density at radius 1 is 1.06 bits per heavy atom. The van der Waals surface area contributed by atoms with Crippen LogP contribution in [0.1, 0.15) is 29.0 Å². The summed E-state index contributed by atoms with van der Waals surface area (Å²) in [6.07, 6.45) is -0.205. The van der Waals surface area contributed by atoms with Crippen molar-refractivity contribution in [1.29, 1.82) is 0 Å². The van der Waals surface area contributed by atoms with Gasteiger partial charge in [-0.2, -0.15) is 0 Å². The number of phenols is 1. The normalized spacial score (nSPS) is 11.9. The van der Waals surface area contributed by atoms with E-state index < -0.39 is 17.5 Å². The predicted octanol–water partition coefficient (Wildman–Crippen LogP) is 5.36. The van der Waals surface area contributed by atoms with E-state index in [1.807, 2.05) is 0 Å². The van der Waals surface area contributed by atoms with Crippen molar-refractivity contribution < 1.29 is 24.2 Å². The number of phenolic OH excluding ortho intramolecular Hbond substituents is 1. The Bertz CT molecular complexity index is 1470. The lowest BCUT2D eigenvalue weighted by Gasteiger charge is -2.19. The molecule has 0 fully saturated rings. The monoisotopic (exact) mass is 513 g/mol. The van der Waals surface area contributed by atoms with E-state index in [1.165, 1.54) is 19.2 Å². The Hall–Kier alpha value is -3.68. The van der Waals surface area contributed by atoms with E-state index in [-0.39, 0.29) is 41.4 Å². The summed E-state index contributed by atoms with van der Waals surface area (Å²) in [5, 5.41) is 25.2. The Labute approximate surface area is 210 Å². The summed E-state index contributed by atoms with van der Waals surface area (Å²) in [4.78, 5) is 25.9. The van der Waals surface area contributed by atoms with Gasteiger partial charge in [-0.05, 0) is 47.5 Å². The molecular formula is C26H21Cl2NO6. The topological polar surface area (TPSA) is 109 Å². The number of ether oxygens (including phenoxy) is 1. The number of nitrogens with one attached hydrogen (secondary N) is 1. The van der Waals surface area contributed by atoms with Crippen LogP contribution in [-0.4, -0.2) is 23.2 Å². The van der Waals surface area contributed by atoms with Crippen LogP contribution in [0.15, 0.2) is 69.9 Å². The van der Waals surface area contributed by atoms with Gasteiger partial charge in [-0.15, -0.1) is 0 Å². The molecular weight excluding hydrogens is 493 g/mol. The van der Waals surface area contributed by atoms with Crippen molar-refractivity contribution in [1.82, 2.24) is 5.32 Å². The number of methoxy groups -OCH3 is 1. The van der Waals surface area contributed by atoms with Crippen molar-refractivity contribution in [3.8, 4) is 17.2 Å². The second-order valence-electron chi connectivity index (χ2n) is 7.86. The zero-order chi connectivity index (χ0) is 25.1. The second kappa shape index (κ2) is 10.3. The van der Waals surface area contributed by atoms with Crippen molar-refractivity contribution >= 4 is 40.1 Å². The molecule has 0 saturated carbocycles. The van der Waals surface area contributed by atoms with Gasteiger partial charge in [-0.3, -0.25) is 4.79 Å². The third kappa shape index (κ3) is 5.21. The van der Waals surface area contributed by atoms with Crippen LogP contribution in [0.3, 0.4) is 0 Å². The minimum Gasteiger partial charge on any atom is -0.507 e. The van der Waals surface area contributed by atoms with Gasteiger partial charge in [0.05, 0.1) is 28.1 Å². The van der Waals surface area contributed by atoms with Gasteiger partial charge in [0.25, 0.3) is 0 Å². The van der Waals surface area contributed by atoms with E-state index in [1.54, 1.807) is 48.5 Å². The highest BCUT2D eigenvalue weighted by atomic mass is 35.5. The summed E-state index contributed by atoms with van der Waals surface area (Å²) in [7, 11) is 1.41. The average Bonchev–Trinajstić information content (AvgIpc) is 2.84. The summed E-state index contributed by atoms with van der Waals surface area (Å²) in [6.45, 7) is 0.175. The van der Waals surface area contributed by atoms with Gasteiger partial charge in [0.2, 0.25) is 5.91 Å². The molecule has 3 N–H and O–H groups in total. The molecule has 0 aliphatic carbocycles. The first-order chi connectivity index (χ1) is 16.8. The van der Waals surface area contributed by atoms with Crippen LogP contribution in [0.4, 0.5) is 0 Å². The van der Waals surface area contributed by atoms with Gasteiger partial charge >= 0.3 is 5.63 Å². The highest BCUT2D eigenvalue weighted by Gasteiger charge is 2.27. The summed E-state index contributed by atoms with van der Waals surface area (Å²) < 4.78 is 10.5. The van der Waals surface area contributed by atoms with Crippen LogP contribution in [0.2, 0.25) is 10.0 Å². The van der Waals surface area contributed by atoms with Crippen LogP contribution >= 0.6 is 23.2 Å². The molecule has 0 bridgehead atoms. The maximum Gasteiger partial charge on any atom is 0.343 e. The van der Waals surface area contributed by atoms with Gasteiger partial charge in [-0.1, -0.05) is 47.5 Å². The van der Waals surface area contributed by atoms with Gasteiger partial charge in [-0.25, -0.2) is 4.79 Å². The number of para-hydroxylation sites is 1. The van der Waals surface area contributed by atoms with Gasteiger partial charge in [0.15, 0.2) is 11.5 Å². The largest absolute Gasteiger partial charge is 0.507 e. The fourth-order valence-electron chi connectivity index (χ4n) is 3.87. The molecule has 1 unspecified atom stereocenters. The molecule has 7 nitrogen and oxygen atoms in total. The lowest BCUT2D eigenvalue weighted by atomic mass is 9.87. The lowest BCUT2D eigenvalue weighted by Crippen LogP contribution is -2.26. The lowest BCUT2D eigenvalue weighted by molar-refractivity contribution is -0.121. The number of fused-ring (bicyclic) bond motifs is 1. The Morgan fingerprint density at radius 3 is 2.54 bits per heavy atom. The van der Waals surface area contributed by atoms with Crippen molar-refractivity contribution in [3.05, 3.63) is 97.8 Å². The molecule has 0 spiro atoms. The maximum absolute atomic E-state index is 12.9. The van der Waals surface area contributed by atoms with E-state index >= 15 is 0 Å². The highest BCUT2D eigenvalue weighted by Crippen LogP contribution is 2.38. The summed E-state index contributed by atoms with van der Waals surface area (Å²) in [5.74, 6) is -1.54. The second-order valence-corrected chi connectivity index (χ2v) is 8.68. The smallest absolute Gasteiger partial charge is 0.343 e. The van der Waals surface area contributed by atoms with Crippen LogP contribution in [-0.2, 0) is 11.3 Å². The molecule has 4 aromatic rings. The number of carbonyl (C=O) groups is 1. The fourth-order valence-corrected chi connectivity index (χ4v) is 4.19. The third-order valence-corrected chi connectivity index (χ3v) is 6.38. The molecule has 1 atom stereocenters. The summed E-state index contributed by atoms with van der Waals surface area (Å²) >= 11 is 12.0. The predicted molar refractivity (Wildman–Crippen MR) is 134 cm³/mol. The van der Waals surface area contributed by atoms with Gasteiger partial charge in [0.1, 0.15) is 11.3 Å². The molecule has 0 saturated heterocycles. The quantitative estimate of drug-likeness (QED) is 0.287. The number of hydrogen-bond acceptors (Lipinski definition) is 6. The maximum atomic E-state index is 12.9. The molecule has 0 aliphatic heterocycles. The average molecular weight is 514 g/mol. The van der Waals surface area contributed by atoms with Crippen molar-refractivity contribution in [2.24, 2.45) is 0 Å². The third-order valence-electron chi connectivity index (χ3n) is 5.64. The molecule has 180 valence electrons. The van der Waals surface area contributed by atoms with E-state index in [2.05, 4.69) is 5.32 Å². The summed E-state index contributed by atoms with van der Waals surface area (Å²) in [5.41, 5.74) is 0.515. The first-order valence-corrected chi connectivity index (χ1v) is 11.4. The van der Waals surface area contributed by atoms with Crippen molar-refractivity contribution in [2.75, 3.05) is 7.11 Å². The zero-order valence-corrected chi connectivity index (χ0v) is 20.1. The van der Waals surface area contributed by atoms with E-state index in [0.717, 1.165) is 5.56 Å². The van der Waals surface area contributed by atoms with Crippen LogP contribution < -0.4 is 15.7 Å². The summed E-state index contributed by atoms with van der Waals surface area (Å²) in [6, 6.07) is 16.1. The molecule has 4 rings (SSSR count). The molecule has 35 heavy (non-hydrogen) atoms. The standard InChI is InChI=1S/C26H21Cl2NO6/c1-34-22-9-7-15(11-20(22)30)17(12-23(31)29-13-14-6-8-18(27)19(28)10-14)24-25(32)16-4-2-3-5-21(16)35-26(24)33/h2-11,17,30,32H,12-13H2,1H3,(H,29,31). The molecule has 1 amide bonds. The van der Waals surface area contributed by atoms with E-state index in [9.17, 15) is 19.8 Å². The van der Waals surface area contributed by atoms with Crippen molar-refractivity contribution in [3.63, 3.8) is 0 Å². The van der Waals surface area contributed by atoms with E-state index in [0.29, 0.717) is 21.0 Å². The number of amides is 1. The number of carbonyl (C=O) groups excluding carboxylic acids is 1. The van der Waals surface area contributed by atoms with Crippen LogP contribution in [0.5, 0.6) is 17.2 Å². The number of rotatable bonds is 7. The first-order valence-electron chi connectivity index (χ1n) is 10.6. The highest BCUT2D eigenvalue weighted by molar-refractivity contribution is 6.42. The minimum absolute atomic E-state index is 0.0852. The van der Waals surface area contributed by atoms with Gasteiger partial charge < -0.3 is 24.7 Å². The Balaban J connectivity index is 1.71. The number of hydrogen-bond donors (Lipinski definition) is 3. The van der Waals surface area contributed by atoms with E-state index in [4.69, 9.17) is 32.4 Å². The fraction of sp³-hybridized carbons (Fsp3) is 0.154. The minimum atomic E-state index is -0.915. The van der Waals surface area contributed by atoms with Crippen LogP contribution in [0.25, 0.3) is 11.0 Å². The number of aromatic hydroxyl groups is 2. The number of benzene rings is 3. The Kier molecular flexibility index (Phi) is 7.19. The number of halogens is 2. The van der Waals surface area contributed by atoms with Crippen molar-refractivity contribution in [2.45, 2.75) is 18.9 Å². The van der Waals surface area contributed by atoms with Crippen LogP contribution in [0, 0.1) is 0 Å². The molecule has 0 aliphatic rings. The molecule has 9 heteroatoms. The molecule has 1 heterocycles.